The Morgan fingerprint density at radius 2 is 1.76 bits per heavy atom. The van der Waals surface area contributed by atoms with E-state index in [1.54, 1.807) is 0 Å². The van der Waals surface area contributed by atoms with Gasteiger partial charge in [-0.3, -0.25) is 14.3 Å². The van der Waals surface area contributed by atoms with Gasteiger partial charge in [0.1, 0.15) is 0 Å². The largest absolute Gasteiger partial charge is 0.299 e. The number of aromatic nitrogens is 4. The van der Waals surface area contributed by atoms with Gasteiger partial charge in [-0.15, -0.1) is 0 Å². The SMILES string of the molecule is Cc1cc(C)n(C2CCN(Cc3cnn(C4CCCCC4)c3)CC2)n1. The molecule has 5 nitrogen and oxygen atoms in total. The van der Waals surface area contributed by atoms with Gasteiger partial charge in [0, 0.05) is 37.1 Å². The van der Waals surface area contributed by atoms with Crippen molar-refractivity contribution in [2.45, 2.75) is 77.4 Å². The molecule has 2 aliphatic rings. The van der Waals surface area contributed by atoms with Crippen molar-refractivity contribution in [2.75, 3.05) is 13.1 Å². The molecule has 0 atom stereocenters. The minimum Gasteiger partial charge on any atom is -0.299 e. The molecule has 0 bridgehead atoms. The van der Waals surface area contributed by atoms with E-state index in [9.17, 15) is 0 Å². The zero-order chi connectivity index (χ0) is 17.2. The molecule has 3 heterocycles. The van der Waals surface area contributed by atoms with Crippen molar-refractivity contribution >= 4 is 0 Å². The van der Waals surface area contributed by atoms with Crippen molar-refractivity contribution < 1.29 is 0 Å². The molecule has 0 amide bonds. The fraction of sp³-hybridized carbons (Fsp3) is 0.700. The first-order valence-corrected chi connectivity index (χ1v) is 9.97. The average Bonchev–Trinajstić information content (AvgIpc) is 3.23. The van der Waals surface area contributed by atoms with E-state index in [1.165, 1.54) is 56.2 Å². The fourth-order valence-electron chi connectivity index (χ4n) is 4.60. The first-order chi connectivity index (χ1) is 12.2. The lowest BCUT2D eigenvalue weighted by molar-refractivity contribution is 0.172. The molecule has 4 rings (SSSR count). The summed E-state index contributed by atoms with van der Waals surface area (Å²) >= 11 is 0. The molecule has 0 N–H and O–H groups in total. The van der Waals surface area contributed by atoms with Crippen LogP contribution in [0.15, 0.2) is 18.5 Å². The van der Waals surface area contributed by atoms with Gasteiger partial charge in [-0.25, -0.2) is 0 Å². The fourth-order valence-corrected chi connectivity index (χ4v) is 4.60. The van der Waals surface area contributed by atoms with Crippen LogP contribution in [0.3, 0.4) is 0 Å². The highest BCUT2D eigenvalue weighted by Gasteiger charge is 2.23. The van der Waals surface area contributed by atoms with E-state index in [4.69, 9.17) is 0 Å². The molecule has 5 heteroatoms. The molecule has 0 aromatic carbocycles. The van der Waals surface area contributed by atoms with E-state index in [0.29, 0.717) is 12.1 Å². The number of piperidine rings is 1. The zero-order valence-electron chi connectivity index (χ0n) is 15.7. The molecule has 0 unspecified atom stereocenters. The molecule has 2 aromatic heterocycles. The summed E-state index contributed by atoms with van der Waals surface area (Å²) in [5.74, 6) is 0. The van der Waals surface area contributed by atoms with E-state index in [-0.39, 0.29) is 0 Å². The van der Waals surface area contributed by atoms with Crippen LogP contribution in [-0.4, -0.2) is 37.6 Å². The summed E-state index contributed by atoms with van der Waals surface area (Å²) in [4.78, 5) is 2.57. The van der Waals surface area contributed by atoms with Crippen LogP contribution in [0.2, 0.25) is 0 Å². The zero-order valence-corrected chi connectivity index (χ0v) is 15.7. The van der Waals surface area contributed by atoms with Gasteiger partial charge in [-0.2, -0.15) is 10.2 Å². The molecule has 0 radical (unpaired) electrons. The van der Waals surface area contributed by atoms with E-state index >= 15 is 0 Å². The molecular formula is C20H31N5. The third kappa shape index (κ3) is 3.81. The molecule has 2 fully saturated rings. The molecule has 1 saturated carbocycles. The van der Waals surface area contributed by atoms with Crippen LogP contribution in [-0.2, 0) is 6.54 Å². The highest BCUT2D eigenvalue weighted by atomic mass is 15.3. The summed E-state index contributed by atoms with van der Waals surface area (Å²) in [6.45, 7) is 7.60. The summed E-state index contributed by atoms with van der Waals surface area (Å²) < 4.78 is 4.48. The number of hydrogen-bond acceptors (Lipinski definition) is 3. The van der Waals surface area contributed by atoms with Gasteiger partial charge in [-0.1, -0.05) is 19.3 Å². The van der Waals surface area contributed by atoms with Crippen LogP contribution in [0.25, 0.3) is 0 Å². The summed E-state index contributed by atoms with van der Waals surface area (Å²) in [5.41, 5.74) is 3.80. The Morgan fingerprint density at radius 1 is 1.00 bits per heavy atom. The van der Waals surface area contributed by atoms with Crippen LogP contribution < -0.4 is 0 Å². The Balaban J connectivity index is 1.31. The van der Waals surface area contributed by atoms with Gasteiger partial charge in [0.25, 0.3) is 0 Å². The smallest absolute Gasteiger partial charge is 0.0596 e. The van der Waals surface area contributed by atoms with E-state index in [2.05, 4.69) is 56.8 Å². The lowest BCUT2D eigenvalue weighted by Gasteiger charge is -2.32. The average molecular weight is 342 g/mol. The van der Waals surface area contributed by atoms with Crippen molar-refractivity contribution in [2.24, 2.45) is 0 Å². The summed E-state index contributed by atoms with van der Waals surface area (Å²) in [5, 5.41) is 9.34. The second-order valence-corrected chi connectivity index (χ2v) is 8.00. The maximum Gasteiger partial charge on any atom is 0.0596 e. The van der Waals surface area contributed by atoms with Crippen molar-refractivity contribution in [3.63, 3.8) is 0 Å². The van der Waals surface area contributed by atoms with E-state index < -0.39 is 0 Å². The molecule has 1 aliphatic carbocycles. The number of rotatable bonds is 4. The van der Waals surface area contributed by atoms with E-state index in [0.717, 1.165) is 25.3 Å². The van der Waals surface area contributed by atoms with Crippen LogP contribution in [0.4, 0.5) is 0 Å². The first kappa shape index (κ1) is 16.8. The van der Waals surface area contributed by atoms with Gasteiger partial charge in [0.15, 0.2) is 0 Å². The molecule has 25 heavy (non-hydrogen) atoms. The lowest BCUT2D eigenvalue weighted by Crippen LogP contribution is -2.34. The van der Waals surface area contributed by atoms with Crippen molar-refractivity contribution in [3.05, 3.63) is 35.4 Å². The van der Waals surface area contributed by atoms with Gasteiger partial charge < -0.3 is 0 Å². The summed E-state index contributed by atoms with van der Waals surface area (Å²) in [6.07, 6.45) is 13.5. The Labute approximate surface area is 151 Å². The molecule has 136 valence electrons. The highest BCUT2D eigenvalue weighted by molar-refractivity contribution is 5.08. The van der Waals surface area contributed by atoms with Crippen molar-refractivity contribution in [1.29, 1.82) is 0 Å². The molecule has 2 aromatic rings. The normalized spacial score (nSPS) is 21.0. The quantitative estimate of drug-likeness (QED) is 0.842. The number of hydrogen-bond donors (Lipinski definition) is 0. The lowest BCUT2D eigenvalue weighted by atomic mass is 9.96. The topological polar surface area (TPSA) is 38.9 Å². The first-order valence-electron chi connectivity index (χ1n) is 9.97. The summed E-state index contributed by atoms with van der Waals surface area (Å²) in [7, 11) is 0. The highest BCUT2D eigenvalue weighted by Crippen LogP contribution is 2.28. The minimum absolute atomic E-state index is 0.565. The van der Waals surface area contributed by atoms with Crippen LogP contribution in [0, 0.1) is 13.8 Å². The number of aryl methyl sites for hydroxylation is 2. The Kier molecular flexibility index (Phi) is 4.93. The van der Waals surface area contributed by atoms with Crippen molar-refractivity contribution in [1.82, 2.24) is 24.5 Å². The van der Waals surface area contributed by atoms with Gasteiger partial charge in [0.2, 0.25) is 0 Å². The Morgan fingerprint density at radius 3 is 2.44 bits per heavy atom. The second kappa shape index (κ2) is 7.32. The third-order valence-corrected chi connectivity index (χ3v) is 5.96. The number of nitrogens with zero attached hydrogens (tertiary/aromatic N) is 5. The van der Waals surface area contributed by atoms with Crippen molar-refractivity contribution in [3.8, 4) is 0 Å². The standard InChI is InChI=1S/C20H31N5/c1-16-12-17(2)25(22-16)20-8-10-23(11-9-20)14-18-13-21-24(15-18)19-6-4-3-5-7-19/h12-13,15,19-20H,3-11,14H2,1-2H3. The minimum atomic E-state index is 0.565. The van der Waals surface area contributed by atoms with Gasteiger partial charge in [-0.05, 0) is 45.6 Å². The molecule has 0 spiro atoms. The molecule has 1 aliphatic heterocycles. The molecular weight excluding hydrogens is 310 g/mol. The Hall–Kier alpha value is -1.62. The molecule has 1 saturated heterocycles. The second-order valence-electron chi connectivity index (χ2n) is 8.00. The third-order valence-electron chi connectivity index (χ3n) is 5.96. The van der Waals surface area contributed by atoms with Gasteiger partial charge in [0.05, 0.1) is 24.0 Å². The monoisotopic (exact) mass is 341 g/mol. The van der Waals surface area contributed by atoms with E-state index in [1.807, 2.05) is 0 Å². The van der Waals surface area contributed by atoms with Crippen LogP contribution >= 0.6 is 0 Å². The van der Waals surface area contributed by atoms with Crippen LogP contribution in [0.1, 0.15) is 74.0 Å². The Bertz CT molecular complexity index is 687. The number of likely N-dealkylation sites (tertiary alicyclic amines) is 1. The predicted molar refractivity (Wildman–Crippen MR) is 99.6 cm³/mol. The maximum atomic E-state index is 4.68. The predicted octanol–water partition coefficient (Wildman–Crippen LogP) is 4.04. The summed E-state index contributed by atoms with van der Waals surface area (Å²) in [6, 6.07) is 3.39. The van der Waals surface area contributed by atoms with Crippen LogP contribution in [0.5, 0.6) is 0 Å². The maximum absolute atomic E-state index is 4.68. The van der Waals surface area contributed by atoms with Gasteiger partial charge >= 0.3 is 0 Å².